The van der Waals surface area contributed by atoms with Crippen molar-refractivity contribution in [3.63, 3.8) is 0 Å². The van der Waals surface area contributed by atoms with Crippen molar-refractivity contribution in [3.05, 3.63) is 28.5 Å². The number of carbonyl (C=O) groups excluding carboxylic acids is 1. The molecule has 8 heteroatoms. The summed E-state index contributed by atoms with van der Waals surface area (Å²) in [7, 11) is -3.20. The number of amides is 1. The van der Waals surface area contributed by atoms with Crippen molar-refractivity contribution in [1.29, 1.82) is 0 Å². The fraction of sp³-hybridized carbons (Fsp3) is 0.500. The number of sulfonamides is 1. The van der Waals surface area contributed by atoms with Crippen molar-refractivity contribution in [2.24, 2.45) is 0 Å². The highest BCUT2D eigenvalue weighted by molar-refractivity contribution is 7.88. The molecule has 6 nitrogen and oxygen atoms in total. The molecule has 0 N–H and O–H groups in total. The maximum absolute atomic E-state index is 12.3. The Morgan fingerprint density at radius 2 is 1.90 bits per heavy atom. The van der Waals surface area contributed by atoms with Crippen molar-refractivity contribution < 1.29 is 13.2 Å². The van der Waals surface area contributed by atoms with Crippen LogP contribution in [0.4, 0.5) is 0 Å². The van der Waals surface area contributed by atoms with Gasteiger partial charge in [-0.25, -0.2) is 8.42 Å². The van der Waals surface area contributed by atoms with E-state index in [4.69, 9.17) is 11.6 Å². The molecule has 20 heavy (non-hydrogen) atoms. The SMILES string of the molecule is Cc1cc(Cl)c(C(=O)N2CCN(S(C)(=O)=O)CC2)cn1. The second-order valence-electron chi connectivity index (χ2n) is 4.76. The highest BCUT2D eigenvalue weighted by atomic mass is 35.5. The molecule has 2 rings (SSSR count). The summed E-state index contributed by atoms with van der Waals surface area (Å²) in [6.45, 7) is 3.13. The first-order valence-corrected chi connectivity index (χ1v) is 8.38. The standard InChI is InChI=1S/C12H16ClN3O3S/c1-9-7-11(13)10(8-14-9)12(17)15-3-5-16(6-4-15)20(2,18)19/h7-8H,3-6H2,1-2H3. The summed E-state index contributed by atoms with van der Waals surface area (Å²) in [6.07, 6.45) is 2.63. The van der Waals surface area contributed by atoms with Gasteiger partial charge in [-0.15, -0.1) is 0 Å². The summed E-state index contributed by atoms with van der Waals surface area (Å²) < 4.78 is 24.2. The molecule has 0 radical (unpaired) electrons. The Labute approximate surface area is 123 Å². The predicted octanol–water partition coefficient (Wildman–Crippen LogP) is 0.761. The van der Waals surface area contributed by atoms with Crippen LogP contribution in [0.25, 0.3) is 0 Å². The zero-order valence-corrected chi connectivity index (χ0v) is 12.9. The van der Waals surface area contributed by atoms with Crippen molar-refractivity contribution in [2.45, 2.75) is 6.92 Å². The van der Waals surface area contributed by atoms with Crippen LogP contribution in [0.15, 0.2) is 12.3 Å². The van der Waals surface area contributed by atoms with Crippen LogP contribution in [0.5, 0.6) is 0 Å². The van der Waals surface area contributed by atoms with E-state index >= 15 is 0 Å². The number of hydrogen-bond donors (Lipinski definition) is 0. The fourth-order valence-corrected chi connectivity index (χ4v) is 3.19. The largest absolute Gasteiger partial charge is 0.336 e. The third-order valence-corrected chi connectivity index (χ3v) is 4.83. The molecule has 0 unspecified atom stereocenters. The highest BCUT2D eigenvalue weighted by Gasteiger charge is 2.27. The topological polar surface area (TPSA) is 70.6 Å². The molecule has 1 saturated heterocycles. The summed E-state index contributed by atoms with van der Waals surface area (Å²) in [5.41, 5.74) is 1.10. The third kappa shape index (κ3) is 3.28. The van der Waals surface area contributed by atoms with E-state index in [1.807, 2.05) is 0 Å². The first-order valence-electron chi connectivity index (χ1n) is 6.15. The van der Waals surface area contributed by atoms with Crippen LogP contribution >= 0.6 is 11.6 Å². The number of halogens is 1. The lowest BCUT2D eigenvalue weighted by molar-refractivity contribution is 0.0698. The Kier molecular flexibility index (Phi) is 4.31. The lowest BCUT2D eigenvalue weighted by atomic mass is 10.2. The lowest BCUT2D eigenvalue weighted by Gasteiger charge is -2.33. The van der Waals surface area contributed by atoms with Gasteiger partial charge < -0.3 is 4.90 Å². The molecule has 0 bridgehead atoms. The molecule has 1 aliphatic rings. The molecule has 2 heterocycles. The molecule has 1 fully saturated rings. The van der Waals surface area contributed by atoms with Gasteiger partial charge in [0.1, 0.15) is 0 Å². The van der Waals surface area contributed by atoms with E-state index in [0.717, 1.165) is 5.69 Å². The minimum Gasteiger partial charge on any atom is -0.336 e. The molecule has 1 aromatic heterocycles. The van der Waals surface area contributed by atoms with E-state index in [1.165, 1.54) is 16.8 Å². The van der Waals surface area contributed by atoms with Gasteiger partial charge in [0.15, 0.2) is 0 Å². The zero-order valence-electron chi connectivity index (χ0n) is 11.3. The maximum Gasteiger partial charge on any atom is 0.257 e. The maximum atomic E-state index is 12.3. The summed E-state index contributed by atoms with van der Waals surface area (Å²) in [5, 5.41) is 0.369. The van der Waals surface area contributed by atoms with Crippen molar-refractivity contribution in [1.82, 2.24) is 14.2 Å². The molecule has 1 amide bonds. The van der Waals surface area contributed by atoms with Crippen molar-refractivity contribution in [3.8, 4) is 0 Å². The second-order valence-corrected chi connectivity index (χ2v) is 7.15. The Balaban J connectivity index is 2.09. The molecule has 1 aliphatic heterocycles. The second kappa shape index (κ2) is 5.67. The van der Waals surface area contributed by atoms with E-state index in [2.05, 4.69) is 4.98 Å². The normalized spacial score (nSPS) is 17.2. The van der Waals surface area contributed by atoms with Crippen LogP contribution in [-0.2, 0) is 10.0 Å². The number of hydrogen-bond acceptors (Lipinski definition) is 4. The molecule has 110 valence electrons. The third-order valence-electron chi connectivity index (χ3n) is 3.22. The Hall–Kier alpha value is -1.18. The van der Waals surface area contributed by atoms with E-state index in [9.17, 15) is 13.2 Å². The smallest absolute Gasteiger partial charge is 0.257 e. The molecule has 0 saturated carbocycles. The molecule has 0 spiro atoms. The van der Waals surface area contributed by atoms with Crippen LogP contribution in [-0.4, -0.2) is 60.9 Å². The van der Waals surface area contributed by atoms with Gasteiger partial charge in [-0.3, -0.25) is 9.78 Å². The van der Waals surface area contributed by atoms with Gasteiger partial charge in [0, 0.05) is 38.1 Å². The summed E-state index contributed by atoms with van der Waals surface area (Å²) in [6, 6.07) is 1.64. The molecule has 1 aromatic rings. The van der Waals surface area contributed by atoms with E-state index in [0.29, 0.717) is 36.8 Å². The first-order chi connectivity index (χ1) is 9.29. The molecular weight excluding hydrogens is 302 g/mol. The molecule has 0 atom stereocenters. The van der Waals surface area contributed by atoms with E-state index < -0.39 is 10.0 Å². The minimum absolute atomic E-state index is 0.212. The summed E-state index contributed by atoms with van der Waals surface area (Å²) in [4.78, 5) is 18.0. The van der Waals surface area contributed by atoms with Crippen LogP contribution in [0.2, 0.25) is 5.02 Å². The molecule has 0 aromatic carbocycles. The number of pyridine rings is 1. The van der Waals surface area contributed by atoms with Gasteiger partial charge in [-0.1, -0.05) is 11.6 Å². The Morgan fingerprint density at radius 3 is 2.40 bits per heavy atom. The predicted molar refractivity (Wildman–Crippen MR) is 76.3 cm³/mol. The van der Waals surface area contributed by atoms with E-state index in [-0.39, 0.29) is 5.91 Å². The van der Waals surface area contributed by atoms with Gasteiger partial charge in [0.05, 0.1) is 16.8 Å². The van der Waals surface area contributed by atoms with Crippen LogP contribution < -0.4 is 0 Å². The van der Waals surface area contributed by atoms with Crippen molar-refractivity contribution >= 4 is 27.5 Å². The van der Waals surface area contributed by atoms with Gasteiger partial charge in [0.25, 0.3) is 5.91 Å². The zero-order chi connectivity index (χ0) is 14.9. The minimum atomic E-state index is -3.20. The number of aryl methyl sites for hydroxylation is 1. The van der Waals surface area contributed by atoms with Crippen molar-refractivity contribution in [2.75, 3.05) is 32.4 Å². The van der Waals surface area contributed by atoms with E-state index in [1.54, 1.807) is 17.9 Å². The number of aromatic nitrogens is 1. The quantitative estimate of drug-likeness (QED) is 0.807. The van der Waals surface area contributed by atoms with Gasteiger partial charge >= 0.3 is 0 Å². The summed E-state index contributed by atoms with van der Waals surface area (Å²) >= 11 is 6.05. The average Bonchev–Trinajstić information content (AvgIpc) is 2.37. The fourth-order valence-electron chi connectivity index (χ4n) is 2.08. The van der Waals surface area contributed by atoms with Crippen LogP contribution in [0.3, 0.4) is 0 Å². The number of rotatable bonds is 2. The number of carbonyl (C=O) groups is 1. The Bertz CT molecular complexity index is 625. The first kappa shape index (κ1) is 15.2. The monoisotopic (exact) mass is 317 g/mol. The molecular formula is C12H16ClN3O3S. The summed E-state index contributed by atoms with van der Waals surface area (Å²) in [5.74, 6) is -0.212. The number of nitrogens with zero attached hydrogens (tertiary/aromatic N) is 3. The number of piperazine rings is 1. The van der Waals surface area contributed by atoms with Gasteiger partial charge in [-0.05, 0) is 13.0 Å². The van der Waals surface area contributed by atoms with Crippen LogP contribution in [0, 0.1) is 6.92 Å². The van der Waals surface area contributed by atoms with Gasteiger partial charge in [-0.2, -0.15) is 4.31 Å². The Morgan fingerprint density at radius 1 is 1.30 bits per heavy atom. The lowest BCUT2D eigenvalue weighted by Crippen LogP contribution is -2.50. The van der Waals surface area contributed by atoms with Crippen LogP contribution in [0.1, 0.15) is 16.1 Å². The van der Waals surface area contributed by atoms with Gasteiger partial charge in [0.2, 0.25) is 10.0 Å². The molecule has 0 aliphatic carbocycles. The average molecular weight is 318 g/mol. The highest BCUT2D eigenvalue weighted by Crippen LogP contribution is 2.19.